The zero-order valence-corrected chi connectivity index (χ0v) is 22.4. The van der Waals surface area contributed by atoms with Crippen molar-refractivity contribution in [3.05, 3.63) is 93.9 Å². The van der Waals surface area contributed by atoms with E-state index >= 15 is 0 Å². The van der Waals surface area contributed by atoms with Gasteiger partial charge >= 0.3 is 0 Å². The van der Waals surface area contributed by atoms with Gasteiger partial charge in [-0.1, -0.05) is 19.1 Å². The van der Waals surface area contributed by atoms with Crippen molar-refractivity contribution in [1.29, 1.82) is 0 Å². The first-order valence-corrected chi connectivity index (χ1v) is 13.2. The summed E-state index contributed by atoms with van der Waals surface area (Å²) in [6.45, 7) is 4.42. The molecule has 206 valence electrons. The van der Waals surface area contributed by atoms with Gasteiger partial charge in [-0.25, -0.2) is 4.68 Å². The Balaban J connectivity index is 1.36. The van der Waals surface area contributed by atoms with Crippen molar-refractivity contribution < 1.29 is 18.6 Å². The number of nitrogens with zero attached hydrogens (tertiary/aromatic N) is 5. The number of hydrogen-bond acceptors (Lipinski definition) is 9. The van der Waals surface area contributed by atoms with Crippen LogP contribution in [0.1, 0.15) is 42.1 Å². The van der Waals surface area contributed by atoms with Crippen LogP contribution in [0.5, 0.6) is 17.2 Å². The zero-order valence-electron chi connectivity index (χ0n) is 22.4. The van der Waals surface area contributed by atoms with Crippen molar-refractivity contribution in [3.8, 4) is 17.2 Å². The molecule has 11 nitrogen and oxygen atoms in total. The van der Waals surface area contributed by atoms with Crippen LogP contribution in [0.4, 0.5) is 0 Å². The highest BCUT2D eigenvalue weighted by molar-refractivity contribution is 5.83. The fourth-order valence-electron chi connectivity index (χ4n) is 5.08. The molecular weight excluding hydrogens is 512 g/mol. The highest BCUT2D eigenvalue weighted by Crippen LogP contribution is 2.34. The van der Waals surface area contributed by atoms with E-state index in [1.807, 2.05) is 54.6 Å². The smallest absolute Gasteiger partial charge is 0.252 e. The number of aromatic amines is 1. The molecule has 40 heavy (non-hydrogen) atoms. The maximum atomic E-state index is 13.3. The number of nitrogens with one attached hydrogen (secondary N) is 1. The summed E-state index contributed by atoms with van der Waals surface area (Å²) in [6, 6.07) is 17.1. The second kappa shape index (κ2) is 11.2. The Labute approximate surface area is 230 Å². The summed E-state index contributed by atoms with van der Waals surface area (Å²) in [5, 5.41) is 13.5. The lowest BCUT2D eigenvalue weighted by Crippen LogP contribution is -2.32. The monoisotopic (exact) mass is 542 g/mol. The molecular formula is C29H30N6O5. The maximum Gasteiger partial charge on any atom is 0.252 e. The number of benzene rings is 2. The molecule has 2 aromatic carbocycles. The lowest BCUT2D eigenvalue weighted by molar-refractivity contribution is 0.161. The molecule has 5 aromatic rings. The molecule has 6 rings (SSSR count). The molecule has 4 heterocycles. The molecule has 1 aliphatic rings. The second-order valence-corrected chi connectivity index (χ2v) is 9.66. The van der Waals surface area contributed by atoms with Crippen LogP contribution in [-0.4, -0.2) is 50.4 Å². The summed E-state index contributed by atoms with van der Waals surface area (Å²) in [7, 11) is 1.65. The minimum absolute atomic E-state index is 0.158. The third-order valence-corrected chi connectivity index (χ3v) is 7.07. The zero-order chi connectivity index (χ0) is 27.5. The third kappa shape index (κ3) is 5.28. The number of pyridine rings is 1. The molecule has 1 N–H and O–H groups in total. The quantitative estimate of drug-likeness (QED) is 0.278. The van der Waals surface area contributed by atoms with Crippen LogP contribution >= 0.6 is 0 Å². The minimum atomic E-state index is -0.178. The van der Waals surface area contributed by atoms with Crippen LogP contribution in [-0.2, 0) is 19.6 Å². The number of methoxy groups -OCH3 is 1. The molecule has 0 unspecified atom stereocenters. The number of ether oxygens (including phenoxy) is 3. The summed E-state index contributed by atoms with van der Waals surface area (Å²) in [4.78, 5) is 18.6. The minimum Gasteiger partial charge on any atom is -0.497 e. The fraction of sp³-hybridized carbons (Fsp3) is 0.310. The SMILES string of the molecule is CC[C@@H](c1nnnn1Cc1ccco1)N(Cc1ccc(OC)cc1)Cc1cc2cc3c(cc2[nH]c1=O)OCCO3. The molecule has 0 saturated heterocycles. The van der Waals surface area contributed by atoms with Gasteiger partial charge in [0.15, 0.2) is 17.3 Å². The van der Waals surface area contributed by atoms with Crippen molar-refractivity contribution in [3.63, 3.8) is 0 Å². The number of tetrazole rings is 1. The van der Waals surface area contributed by atoms with Crippen LogP contribution in [0.15, 0.2) is 70.1 Å². The van der Waals surface area contributed by atoms with E-state index in [0.717, 1.165) is 28.9 Å². The van der Waals surface area contributed by atoms with E-state index in [1.165, 1.54) is 0 Å². The van der Waals surface area contributed by atoms with Crippen LogP contribution in [0.3, 0.4) is 0 Å². The number of H-pyrrole nitrogens is 1. The summed E-state index contributed by atoms with van der Waals surface area (Å²) >= 11 is 0. The second-order valence-electron chi connectivity index (χ2n) is 9.66. The first-order valence-electron chi connectivity index (χ1n) is 13.2. The van der Waals surface area contributed by atoms with Gasteiger partial charge in [-0.2, -0.15) is 0 Å². The topological polar surface area (TPSA) is 121 Å². The Morgan fingerprint density at radius 3 is 2.60 bits per heavy atom. The molecule has 1 atom stereocenters. The van der Waals surface area contributed by atoms with Crippen molar-refractivity contribution >= 4 is 10.9 Å². The Kier molecular flexibility index (Phi) is 7.19. The normalized spacial score (nSPS) is 13.6. The first-order chi connectivity index (χ1) is 19.6. The van der Waals surface area contributed by atoms with E-state index < -0.39 is 0 Å². The number of rotatable bonds is 10. The number of hydrogen-bond donors (Lipinski definition) is 1. The van der Waals surface area contributed by atoms with Gasteiger partial charge in [-0.3, -0.25) is 9.69 Å². The molecule has 0 radical (unpaired) electrons. The molecule has 0 amide bonds. The van der Waals surface area contributed by atoms with Crippen LogP contribution in [0.2, 0.25) is 0 Å². The van der Waals surface area contributed by atoms with Crippen LogP contribution < -0.4 is 19.8 Å². The molecule has 1 aliphatic heterocycles. The van der Waals surface area contributed by atoms with Crippen molar-refractivity contribution in [1.82, 2.24) is 30.1 Å². The molecule has 0 aliphatic carbocycles. The van der Waals surface area contributed by atoms with Gasteiger partial charge in [0, 0.05) is 30.1 Å². The van der Waals surface area contributed by atoms with Gasteiger partial charge in [0.2, 0.25) is 0 Å². The predicted molar refractivity (Wildman–Crippen MR) is 146 cm³/mol. The van der Waals surface area contributed by atoms with Crippen LogP contribution in [0, 0.1) is 0 Å². The average molecular weight is 543 g/mol. The fourth-order valence-corrected chi connectivity index (χ4v) is 5.08. The molecule has 0 fully saturated rings. The number of aromatic nitrogens is 5. The Morgan fingerprint density at radius 2 is 1.88 bits per heavy atom. The Bertz CT molecular complexity index is 1640. The molecule has 0 saturated carbocycles. The van der Waals surface area contributed by atoms with Gasteiger partial charge in [-0.15, -0.1) is 5.10 Å². The molecule has 0 bridgehead atoms. The largest absolute Gasteiger partial charge is 0.497 e. The summed E-state index contributed by atoms with van der Waals surface area (Å²) < 4.78 is 24.1. The van der Waals surface area contributed by atoms with Gasteiger partial charge in [0.1, 0.15) is 31.3 Å². The Morgan fingerprint density at radius 1 is 1.07 bits per heavy atom. The lowest BCUT2D eigenvalue weighted by atomic mass is 10.1. The standard InChI is InChI=1S/C29H30N6O5/c1-3-25(28-31-32-33-35(28)18-23-5-4-10-38-23)34(16-19-6-8-22(37-2)9-7-19)17-21-13-20-14-26-27(40-12-11-39-26)15-24(20)30-29(21)36/h4-10,13-15,25H,3,11-12,16-18H2,1-2H3,(H,30,36)/t25-/m0/s1. The van der Waals surface area contributed by atoms with E-state index in [1.54, 1.807) is 18.1 Å². The number of fused-ring (bicyclic) bond motifs is 2. The summed E-state index contributed by atoms with van der Waals surface area (Å²) in [5.74, 6) is 3.55. The summed E-state index contributed by atoms with van der Waals surface area (Å²) in [6.07, 6.45) is 2.35. The van der Waals surface area contributed by atoms with E-state index in [2.05, 4.69) is 32.3 Å². The van der Waals surface area contributed by atoms with E-state index in [-0.39, 0.29) is 11.6 Å². The maximum absolute atomic E-state index is 13.3. The summed E-state index contributed by atoms with van der Waals surface area (Å²) in [5.41, 5.74) is 2.24. The van der Waals surface area contributed by atoms with Crippen molar-refractivity contribution in [2.75, 3.05) is 20.3 Å². The van der Waals surface area contributed by atoms with E-state index in [9.17, 15) is 4.79 Å². The highest BCUT2D eigenvalue weighted by Gasteiger charge is 2.27. The van der Waals surface area contributed by atoms with Crippen molar-refractivity contribution in [2.45, 2.75) is 39.0 Å². The Hall–Kier alpha value is -4.64. The molecule has 3 aromatic heterocycles. The van der Waals surface area contributed by atoms with Crippen molar-refractivity contribution in [2.24, 2.45) is 0 Å². The first kappa shape index (κ1) is 25.6. The van der Waals surface area contributed by atoms with E-state index in [0.29, 0.717) is 61.3 Å². The van der Waals surface area contributed by atoms with E-state index in [4.69, 9.17) is 18.6 Å². The highest BCUT2D eigenvalue weighted by atomic mass is 16.6. The molecule has 11 heteroatoms. The molecule has 0 spiro atoms. The van der Waals surface area contributed by atoms with Crippen LogP contribution in [0.25, 0.3) is 10.9 Å². The number of furan rings is 1. The van der Waals surface area contributed by atoms with Gasteiger partial charge in [0.05, 0.1) is 24.9 Å². The average Bonchev–Trinajstić information content (AvgIpc) is 3.66. The van der Waals surface area contributed by atoms with Gasteiger partial charge < -0.3 is 23.6 Å². The predicted octanol–water partition coefficient (Wildman–Crippen LogP) is 4.09. The lowest BCUT2D eigenvalue weighted by Gasteiger charge is -2.30. The van der Waals surface area contributed by atoms with Gasteiger partial charge in [0.25, 0.3) is 5.56 Å². The third-order valence-electron chi connectivity index (χ3n) is 7.07. The van der Waals surface area contributed by atoms with Gasteiger partial charge in [-0.05, 0) is 58.8 Å².